The fourth-order valence-corrected chi connectivity index (χ4v) is 2.18. The van der Waals surface area contributed by atoms with Crippen molar-refractivity contribution in [2.24, 2.45) is 0 Å². The van der Waals surface area contributed by atoms with Crippen LogP contribution in [-0.4, -0.2) is 11.0 Å². The number of nitrogens with one attached hydrogen (secondary N) is 3. The van der Waals surface area contributed by atoms with Gasteiger partial charge >= 0.3 is 6.03 Å². The fourth-order valence-electron chi connectivity index (χ4n) is 2.18. The maximum atomic E-state index is 11.9. The van der Waals surface area contributed by atoms with Crippen molar-refractivity contribution in [3.05, 3.63) is 84.7 Å². The molecule has 0 aliphatic carbocycles. The summed E-state index contributed by atoms with van der Waals surface area (Å²) < 4.78 is 0. The molecule has 0 bridgehead atoms. The minimum atomic E-state index is -0.268. The van der Waals surface area contributed by atoms with Crippen LogP contribution in [0.3, 0.4) is 0 Å². The summed E-state index contributed by atoms with van der Waals surface area (Å²) in [5.41, 5.74) is 3.42. The summed E-state index contributed by atoms with van der Waals surface area (Å²) in [5, 5.41) is 8.87. The molecule has 0 atom stereocenters. The van der Waals surface area contributed by atoms with Gasteiger partial charge in [0.15, 0.2) is 0 Å². The number of carbonyl (C=O) groups is 1. The van der Waals surface area contributed by atoms with E-state index >= 15 is 0 Å². The van der Waals surface area contributed by atoms with Gasteiger partial charge in [0.25, 0.3) is 0 Å². The standard InChI is InChI=1S/C19H18N4O/c24-19(22-16-6-2-1-3-7-16)23-17-11-9-15(10-12-17)21-14-18-8-4-5-13-20-18/h1-13,21H,14H2,(H2,22,23,24). The topological polar surface area (TPSA) is 66.1 Å². The van der Waals surface area contributed by atoms with Crippen molar-refractivity contribution in [1.82, 2.24) is 4.98 Å². The maximum absolute atomic E-state index is 11.9. The molecule has 5 nitrogen and oxygen atoms in total. The number of amides is 2. The average Bonchev–Trinajstić information content (AvgIpc) is 2.63. The molecule has 3 aromatic rings. The summed E-state index contributed by atoms with van der Waals surface area (Å²) in [6.45, 7) is 0.655. The second-order valence-electron chi connectivity index (χ2n) is 5.20. The summed E-state index contributed by atoms with van der Waals surface area (Å²) in [6, 6.07) is 22.4. The maximum Gasteiger partial charge on any atom is 0.323 e. The number of nitrogens with zero attached hydrogens (tertiary/aromatic N) is 1. The number of hydrogen-bond donors (Lipinski definition) is 3. The largest absolute Gasteiger partial charge is 0.379 e. The predicted molar refractivity (Wildman–Crippen MR) is 97.1 cm³/mol. The molecule has 0 radical (unpaired) electrons. The number of carbonyl (C=O) groups excluding carboxylic acids is 1. The Morgan fingerprint density at radius 2 is 1.38 bits per heavy atom. The molecule has 2 aromatic carbocycles. The van der Waals surface area contributed by atoms with Crippen LogP contribution in [0.15, 0.2) is 79.0 Å². The molecule has 24 heavy (non-hydrogen) atoms. The molecule has 0 unspecified atom stereocenters. The Balaban J connectivity index is 1.51. The summed E-state index contributed by atoms with van der Waals surface area (Å²) in [7, 11) is 0. The van der Waals surface area contributed by atoms with Gasteiger partial charge in [-0.25, -0.2) is 4.79 Å². The fraction of sp³-hybridized carbons (Fsp3) is 0.0526. The van der Waals surface area contributed by atoms with Gasteiger partial charge in [-0.3, -0.25) is 4.98 Å². The second kappa shape index (κ2) is 7.78. The van der Waals surface area contributed by atoms with Gasteiger partial charge in [-0.2, -0.15) is 0 Å². The van der Waals surface area contributed by atoms with Crippen LogP contribution in [0, 0.1) is 0 Å². The molecule has 1 aromatic heterocycles. The third-order valence-corrected chi connectivity index (χ3v) is 3.37. The molecule has 2 amide bonds. The number of hydrogen-bond acceptors (Lipinski definition) is 3. The minimum Gasteiger partial charge on any atom is -0.379 e. The van der Waals surface area contributed by atoms with Crippen molar-refractivity contribution < 1.29 is 4.79 Å². The molecular weight excluding hydrogens is 300 g/mol. The molecular formula is C19H18N4O. The number of anilines is 3. The SMILES string of the molecule is O=C(Nc1ccccc1)Nc1ccc(NCc2ccccn2)cc1. The van der Waals surface area contributed by atoms with E-state index in [1.54, 1.807) is 6.20 Å². The molecule has 0 aliphatic heterocycles. The quantitative estimate of drug-likeness (QED) is 0.655. The molecule has 120 valence electrons. The van der Waals surface area contributed by atoms with Gasteiger partial charge in [-0.15, -0.1) is 0 Å². The first-order valence-corrected chi connectivity index (χ1v) is 7.66. The Kier molecular flexibility index (Phi) is 5.04. The lowest BCUT2D eigenvalue weighted by Gasteiger charge is -2.09. The van der Waals surface area contributed by atoms with Crippen LogP contribution in [0.1, 0.15) is 5.69 Å². The van der Waals surface area contributed by atoms with E-state index < -0.39 is 0 Å². The first-order valence-electron chi connectivity index (χ1n) is 7.66. The highest BCUT2D eigenvalue weighted by Gasteiger charge is 2.02. The van der Waals surface area contributed by atoms with Gasteiger partial charge in [-0.05, 0) is 48.5 Å². The Labute approximate surface area is 140 Å². The Morgan fingerprint density at radius 3 is 2.04 bits per heavy atom. The summed E-state index contributed by atoms with van der Waals surface area (Å²) in [5.74, 6) is 0. The van der Waals surface area contributed by atoms with Crippen LogP contribution in [0.4, 0.5) is 21.9 Å². The van der Waals surface area contributed by atoms with Gasteiger partial charge in [0.05, 0.1) is 12.2 Å². The van der Waals surface area contributed by atoms with Gasteiger partial charge in [0.1, 0.15) is 0 Å². The van der Waals surface area contributed by atoms with Gasteiger partial charge in [0.2, 0.25) is 0 Å². The van der Waals surface area contributed by atoms with Gasteiger partial charge in [-0.1, -0.05) is 24.3 Å². The van der Waals surface area contributed by atoms with Crippen molar-refractivity contribution in [2.45, 2.75) is 6.54 Å². The van der Waals surface area contributed by atoms with E-state index in [-0.39, 0.29) is 6.03 Å². The lowest BCUT2D eigenvalue weighted by atomic mass is 10.2. The molecule has 0 spiro atoms. The van der Waals surface area contributed by atoms with Crippen molar-refractivity contribution in [2.75, 3.05) is 16.0 Å². The minimum absolute atomic E-state index is 0.268. The monoisotopic (exact) mass is 318 g/mol. The van der Waals surface area contributed by atoms with Crippen molar-refractivity contribution in [1.29, 1.82) is 0 Å². The third-order valence-electron chi connectivity index (χ3n) is 3.37. The summed E-state index contributed by atoms with van der Waals surface area (Å²) in [6.07, 6.45) is 1.77. The molecule has 0 saturated carbocycles. The van der Waals surface area contributed by atoms with Crippen LogP contribution < -0.4 is 16.0 Å². The lowest BCUT2D eigenvalue weighted by molar-refractivity contribution is 0.262. The summed E-state index contributed by atoms with van der Waals surface area (Å²) in [4.78, 5) is 16.2. The van der Waals surface area contributed by atoms with Crippen LogP contribution >= 0.6 is 0 Å². The lowest BCUT2D eigenvalue weighted by Crippen LogP contribution is -2.19. The smallest absolute Gasteiger partial charge is 0.323 e. The first kappa shape index (κ1) is 15.6. The van der Waals surface area contributed by atoms with Crippen molar-refractivity contribution in [3.8, 4) is 0 Å². The Bertz CT molecular complexity index is 773. The van der Waals surface area contributed by atoms with Crippen LogP contribution in [0.25, 0.3) is 0 Å². The second-order valence-corrected chi connectivity index (χ2v) is 5.20. The molecule has 3 N–H and O–H groups in total. The number of urea groups is 1. The van der Waals surface area contributed by atoms with E-state index in [1.807, 2.05) is 72.8 Å². The van der Waals surface area contributed by atoms with Crippen molar-refractivity contribution in [3.63, 3.8) is 0 Å². The molecule has 1 heterocycles. The normalized spacial score (nSPS) is 10.0. The highest BCUT2D eigenvalue weighted by molar-refractivity contribution is 5.99. The first-order chi connectivity index (χ1) is 11.8. The van der Waals surface area contributed by atoms with Crippen molar-refractivity contribution >= 4 is 23.1 Å². The molecule has 0 aliphatic rings. The number of pyridine rings is 1. The molecule has 5 heteroatoms. The van der Waals surface area contributed by atoms with E-state index in [0.717, 1.165) is 22.8 Å². The number of benzene rings is 2. The molecule has 0 fully saturated rings. The highest BCUT2D eigenvalue weighted by atomic mass is 16.2. The number of aromatic nitrogens is 1. The van der Waals surface area contributed by atoms with Crippen LogP contribution in [0.5, 0.6) is 0 Å². The predicted octanol–water partition coefficient (Wildman–Crippen LogP) is 4.34. The Morgan fingerprint density at radius 1 is 0.750 bits per heavy atom. The zero-order chi connectivity index (χ0) is 16.6. The average molecular weight is 318 g/mol. The number of rotatable bonds is 5. The molecule has 3 rings (SSSR count). The highest BCUT2D eigenvalue weighted by Crippen LogP contribution is 2.15. The van der Waals surface area contributed by atoms with E-state index in [4.69, 9.17) is 0 Å². The van der Waals surface area contributed by atoms with E-state index in [2.05, 4.69) is 20.9 Å². The van der Waals surface area contributed by atoms with E-state index in [9.17, 15) is 4.79 Å². The third kappa shape index (κ3) is 4.58. The van der Waals surface area contributed by atoms with Crippen LogP contribution in [0.2, 0.25) is 0 Å². The summed E-state index contributed by atoms with van der Waals surface area (Å²) >= 11 is 0. The molecule has 0 saturated heterocycles. The zero-order valence-electron chi connectivity index (χ0n) is 13.1. The zero-order valence-corrected chi connectivity index (χ0v) is 13.1. The van der Waals surface area contributed by atoms with E-state index in [1.165, 1.54) is 0 Å². The van der Waals surface area contributed by atoms with Crippen LogP contribution in [-0.2, 0) is 6.54 Å². The van der Waals surface area contributed by atoms with Gasteiger partial charge in [0, 0.05) is 23.3 Å². The van der Waals surface area contributed by atoms with E-state index in [0.29, 0.717) is 6.54 Å². The van der Waals surface area contributed by atoms with Gasteiger partial charge < -0.3 is 16.0 Å². The number of para-hydroxylation sites is 1. The Hall–Kier alpha value is -3.34.